The van der Waals surface area contributed by atoms with Gasteiger partial charge in [-0.2, -0.15) is 0 Å². The molecule has 0 saturated carbocycles. The molecule has 6 nitrogen and oxygen atoms in total. The van der Waals surface area contributed by atoms with Crippen LogP contribution in [0, 0.1) is 19.7 Å². The van der Waals surface area contributed by atoms with Gasteiger partial charge in [0.15, 0.2) is 5.82 Å². The molecular formula is C15H16FN3O3. The summed E-state index contributed by atoms with van der Waals surface area (Å²) >= 11 is 0. The van der Waals surface area contributed by atoms with E-state index in [0.717, 1.165) is 12.4 Å². The van der Waals surface area contributed by atoms with Gasteiger partial charge in [-0.1, -0.05) is 0 Å². The predicted octanol–water partition coefficient (Wildman–Crippen LogP) is 2.12. The summed E-state index contributed by atoms with van der Waals surface area (Å²) in [5, 5.41) is 0. The summed E-state index contributed by atoms with van der Waals surface area (Å²) in [6.45, 7) is 4.62. The van der Waals surface area contributed by atoms with E-state index in [-0.39, 0.29) is 18.0 Å². The van der Waals surface area contributed by atoms with Crippen LogP contribution in [0.2, 0.25) is 0 Å². The predicted molar refractivity (Wildman–Crippen MR) is 75.1 cm³/mol. The fourth-order valence-corrected chi connectivity index (χ4v) is 2.53. The third-order valence-electron chi connectivity index (χ3n) is 3.57. The Kier molecular flexibility index (Phi) is 3.79. The number of likely N-dealkylation sites (tertiary alicyclic amines) is 1. The minimum absolute atomic E-state index is 0.0690. The van der Waals surface area contributed by atoms with E-state index in [2.05, 4.69) is 9.97 Å². The third-order valence-corrected chi connectivity index (χ3v) is 3.57. The molecule has 0 aromatic carbocycles. The van der Waals surface area contributed by atoms with Gasteiger partial charge in [0.2, 0.25) is 0 Å². The molecule has 1 amide bonds. The number of halogens is 1. The van der Waals surface area contributed by atoms with E-state index < -0.39 is 5.82 Å². The van der Waals surface area contributed by atoms with Crippen LogP contribution in [0.5, 0.6) is 6.01 Å². The summed E-state index contributed by atoms with van der Waals surface area (Å²) in [4.78, 5) is 21.7. The molecule has 0 bridgehead atoms. The first-order valence-electron chi connectivity index (χ1n) is 7.03. The molecule has 0 unspecified atom stereocenters. The lowest BCUT2D eigenvalue weighted by molar-refractivity contribution is 0.0768. The van der Waals surface area contributed by atoms with Crippen LogP contribution in [0.25, 0.3) is 0 Å². The Morgan fingerprint density at radius 2 is 2.14 bits per heavy atom. The molecule has 2 aromatic heterocycles. The minimum Gasteiger partial charge on any atom is -0.466 e. The highest BCUT2D eigenvalue weighted by Crippen LogP contribution is 2.21. The number of hydrogen-bond acceptors (Lipinski definition) is 5. The summed E-state index contributed by atoms with van der Waals surface area (Å²) in [6, 6.07) is 1.87. The number of nitrogens with zero attached hydrogens (tertiary/aromatic N) is 3. The second-order valence-electron chi connectivity index (χ2n) is 5.29. The molecule has 1 atom stereocenters. The topological polar surface area (TPSA) is 68.5 Å². The first-order chi connectivity index (χ1) is 10.5. The van der Waals surface area contributed by atoms with Crippen LogP contribution in [-0.2, 0) is 0 Å². The fraction of sp³-hybridized carbons (Fsp3) is 0.400. The maximum absolute atomic E-state index is 12.8. The van der Waals surface area contributed by atoms with E-state index in [4.69, 9.17) is 9.15 Å². The van der Waals surface area contributed by atoms with Crippen LogP contribution in [-0.4, -0.2) is 40.0 Å². The highest BCUT2D eigenvalue weighted by atomic mass is 19.1. The number of rotatable bonds is 3. The molecule has 0 aliphatic carbocycles. The van der Waals surface area contributed by atoms with Gasteiger partial charge < -0.3 is 14.1 Å². The van der Waals surface area contributed by atoms with Gasteiger partial charge in [0, 0.05) is 13.0 Å². The van der Waals surface area contributed by atoms with Crippen molar-refractivity contribution in [3.8, 4) is 6.01 Å². The van der Waals surface area contributed by atoms with Gasteiger partial charge >= 0.3 is 6.01 Å². The molecular weight excluding hydrogens is 289 g/mol. The minimum atomic E-state index is -0.513. The lowest BCUT2D eigenvalue weighted by atomic mass is 10.2. The normalized spacial score (nSPS) is 17.8. The molecule has 2 aromatic rings. The van der Waals surface area contributed by atoms with Crippen molar-refractivity contribution in [3.05, 3.63) is 41.4 Å². The maximum Gasteiger partial charge on any atom is 0.316 e. The van der Waals surface area contributed by atoms with Gasteiger partial charge in [-0.15, -0.1) is 0 Å². The molecule has 0 radical (unpaired) electrons. The van der Waals surface area contributed by atoms with Gasteiger partial charge in [-0.05, 0) is 19.9 Å². The van der Waals surface area contributed by atoms with E-state index >= 15 is 0 Å². The van der Waals surface area contributed by atoms with Crippen molar-refractivity contribution in [1.82, 2.24) is 14.9 Å². The number of aromatic nitrogens is 2. The van der Waals surface area contributed by atoms with Crippen molar-refractivity contribution in [1.29, 1.82) is 0 Å². The van der Waals surface area contributed by atoms with Gasteiger partial charge in [0.25, 0.3) is 5.91 Å². The van der Waals surface area contributed by atoms with E-state index in [1.54, 1.807) is 17.9 Å². The molecule has 22 heavy (non-hydrogen) atoms. The molecule has 0 spiro atoms. The Bertz CT molecular complexity index is 684. The Balaban J connectivity index is 1.63. The monoisotopic (exact) mass is 305 g/mol. The van der Waals surface area contributed by atoms with Crippen molar-refractivity contribution < 1.29 is 18.3 Å². The zero-order chi connectivity index (χ0) is 15.7. The maximum atomic E-state index is 12.8. The summed E-state index contributed by atoms with van der Waals surface area (Å²) in [5.74, 6) is 0.753. The van der Waals surface area contributed by atoms with E-state index in [1.807, 2.05) is 6.92 Å². The number of ether oxygens (including phenoxy) is 1. The molecule has 116 valence electrons. The first-order valence-corrected chi connectivity index (χ1v) is 7.03. The summed E-state index contributed by atoms with van der Waals surface area (Å²) < 4.78 is 23.7. The number of amides is 1. The Morgan fingerprint density at radius 3 is 2.77 bits per heavy atom. The van der Waals surface area contributed by atoms with Crippen LogP contribution in [0.1, 0.15) is 28.3 Å². The smallest absolute Gasteiger partial charge is 0.316 e. The van der Waals surface area contributed by atoms with Crippen molar-refractivity contribution in [3.63, 3.8) is 0 Å². The van der Waals surface area contributed by atoms with Crippen LogP contribution in [0.4, 0.5) is 4.39 Å². The number of hydrogen-bond donors (Lipinski definition) is 0. The Hall–Kier alpha value is -2.44. The summed E-state index contributed by atoms with van der Waals surface area (Å²) in [5.41, 5.74) is 0.580. The Morgan fingerprint density at radius 1 is 1.41 bits per heavy atom. The highest BCUT2D eigenvalue weighted by molar-refractivity contribution is 5.95. The molecule has 1 fully saturated rings. The van der Waals surface area contributed by atoms with E-state index in [1.165, 1.54) is 0 Å². The van der Waals surface area contributed by atoms with Crippen LogP contribution >= 0.6 is 0 Å². The standard InChI is InChI=1S/C15H16FN3O3/c1-9-5-13(10(2)21-9)14(20)19-4-3-12(8-19)22-15-17-6-11(16)7-18-15/h5-7,12H,3-4,8H2,1-2H3/t12-/m0/s1. The molecule has 3 rings (SSSR count). The summed E-state index contributed by atoms with van der Waals surface area (Å²) in [6.07, 6.45) is 2.60. The lowest BCUT2D eigenvalue weighted by Gasteiger charge is -2.16. The number of carbonyl (C=O) groups is 1. The average molecular weight is 305 g/mol. The zero-order valence-corrected chi connectivity index (χ0v) is 12.4. The van der Waals surface area contributed by atoms with Gasteiger partial charge in [0.05, 0.1) is 24.5 Å². The molecule has 3 heterocycles. The van der Waals surface area contributed by atoms with Gasteiger partial charge in [-0.25, -0.2) is 14.4 Å². The van der Waals surface area contributed by atoms with Crippen LogP contribution < -0.4 is 4.74 Å². The molecule has 1 saturated heterocycles. The Labute approximate surface area is 126 Å². The third kappa shape index (κ3) is 2.93. The molecule has 1 aliphatic rings. The highest BCUT2D eigenvalue weighted by Gasteiger charge is 2.30. The van der Waals surface area contributed by atoms with Crippen molar-refractivity contribution >= 4 is 5.91 Å². The largest absolute Gasteiger partial charge is 0.466 e. The SMILES string of the molecule is Cc1cc(C(=O)N2CC[C@H](Oc3ncc(F)cn3)C2)c(C)o1. The second kappa shape index (κ2) is 5.75. The quantitative estimate of drug-likeness (QED) is 0.869. The average Bonchev–Trinajstić information content (AvgIpc) is 3.07. The molecule has 0 N–H and O–H groups in total. The zero-order valence-electron chi connectivity index (χ0n) is 12.4. The van der Waals surface area contributed by atoms with E-state index in [0.29, 0.717) is 36.6 Å². The van der Waals surface area contributed by atoms with Crippen molar-refractivity contribution in [2.45, 2.75) is 26.4 Å². The van der Waals surface area contributed by atoms with Crippen LogP contribution in [0.3, 0.4) is 0 Å². The second-order valence-corrected chi connectivity index (χ2v) is 5.29. The summed E-state index contributed by atoms with van der Waals surface area (Å²) in [7, 11) is 0. The van der Waals surface area contributed by atoms with Crippen LogP contribution in [0.15, 0.2) is 22.9 Å². The lowest BCUT2D eigenvalue weighted by Crippen LogP contribution is -2.31. The van der Waals surface area contributed by atoms with Crippen molar-refractivity contribution in [2.24, 2.45) is 0 Å². The molecule has 7 heteroatoms. The number of aryl methyl sites for hydroxylation is 2. The van der Waals surface area contributed by atoms with E-state index in [9.17, 15) is 9.18 Å². The van der Waals surface area contributed by atoms with Gasteiger partial charge in [0.1, 0.15) is 17.6 Å². The molecule has 1 aliphatic heterocycles. The fourth-order valence-electron chi connectivity index (χ4n) is 2.53. The number of carbonyl (C=O) groups excluding carboxylic acids is 1. The number of furan rings is 1. The van der Waals surface area contributed by atoms with Crippen molar-refractivity contribution in [2.75, 3.05) is 13.1 Å². The first kappa shape index (κ1) is 14.5. The van der Waals surface area contributed by atoms with Gasteiger partial charge in [-0.3, -0.25) is 4.79 Å².